The van der Waals surface area contributed by atoms with Crippen LogP contribution in [0.3, 0.4) is 0 Å². The van der Waals surface area contributed by atoms with Crippen LogP contribution in [-0.2, 0) is 4.79 Å². The van der Waals surface area contributed by atoms with E-state index in [2.05, 4.69) is 11.8 Å². The van der Waals surface area contributed by atoms with Crippen molar-refractivity contribution in [3.05, 3.63) is 0 Å². The number of rotatable bonds is 9. The van der Waals surface area contributed by atoms with Gasteiger partial charge in [-0.15, -0.1) is 0 Å². The summed E-state index contributed by atoms with van der Waals surface area (Å²) in [6, 6.07) is 0. The van der Waals surface area contributed by atoms with Gasteiger partial charge in [0.1, 0.15) is 0 Å². The van der Waals surface area contributed by atoms with Gasteiger partial charge < -0.3 is 10.6 Å². The molecule has 2 N–H and O–H groups in total. The fourth-order valence-corrected chi connectivity index (χ4v) is 1.52. The third-order valence-electron chi connectivity index (χ3n) is 2.67. The summed E-state index contributed by atoms with van der Waals surface area (Å²) >= 11 is 0. The van der Waals surface area contributed by atoms with Crippen molar-refractivity contribution in [2.75, 3.05) is 40.3 Å². The molecule has 4 nitrogen and oxygen atoms in total. The Morgan fingerprint density at radius 2 is 1.81 bits per heavy atom. The van der Waals surface area contributed by atoms with Crippen molar-refractivity contribution in [2.45, 2.75) is 32.6 Å². The standard InChI is InChI=1S/C12H27N3O/c1-4-5-6-9-14(2)11-12(16)15(3)10-7-8-13/h4-11,13H2,1-3H3. The molecule has 0 heterocycles. The lowest BCUT2D eigenvalue weighted by Crippen LogP contribution is -2.37. The SMILES string of the molecule is CCCCCN(C)CC(=O)N(C)CCCN. The van der Waals surface area contributed by atoms with Crippen LogP contribution in [0.2, 0.25) is 0 Å². The molecule has 0 aliphatic carbocycles. The summed E-state index contributed by atoms with van der Waals surface area (Å²) in [6.07, 6.45) is 4.51. The van der Waals surface area contributed by atoms with Gasteiger partial charge in [-0.3, -0.25) is 9.69 Å². The second-order valence-corrected chi connectivity index (χ2v) is 4.40. The molecule has 0 bridgehead atoms. The Bertz CT molecular complexity index is 185. The molecule has 0 unspecified atom stereocenters. The lowest BCUT2D eigenvalue weighted by atomic mass is 10.2. The molecular weight excluding hydrogens is 202 g/mol. The topological polar surface area (TPSA) is 49.6 Å². The van der Waals surface area contributed by atoms with E-state index in [9.17, 15) is 4.79 Å². The summed E-state index contributed by atoms with van der Waals surface area (Å²) < 4.78 is 0. The third-order valence-corrected chi connectivity index (χ3v) is 2.67. The van der Waals surface area contributed by atoms with Crippen LogP contribution in [0.4, 0.5) is 0 Å². The van der Waals surface area contributed by atoms with Gasteiger partial charge in [0.2, 0.25) is 5.91 Å². The van der Waals surface area contributed by atoms with Gasteiger partial charge in [-0.2, -0.15) is 0 Å². The molecule has 0 atom stereocenters. The van der Waals surface area contributed by atoms with Gasteiger partial charge in [0.15, 0.2) is 0 Å². The fraction of sp³-hybridized carbons (Fsp3) is 0.917. The highest BCUT2D eigenvalue weighted by molar-refractivity contribution is 5.77. The second-order valence-electron chi connectivity index (χ2n) is 4.40. The minimum absolute atomic E-state index is 0.187. The minimum atomic E-state index is 0.187. The van der Waals surface area contributed by atoms with Crippen LogP contribution < -0.4 is 5.73 Å². The van der Waals surface area contributed by atoms with Crippen molar-refractivity contribution in [3.63, 3.8) is 0 Å². The van der Waals surface area contributed by atoms with E-state index in [1.165, 1.54) is 19.3 Å². The summed E-state index contributed by atoms with van der Waals surface area (Å²) in [5.41, 5.74) is 5.41. The lowest BCUT2D eigenvalue weighted by Gasteiger charge is -2.21. The zero-order valence-corrected chi connectivity index (χ0v) is 11.0. The van der Waals surface area contributed by atoms with E-state index in [1.54, 1.807) is 4.90 Å². The summed E-state index contributed by atoms with van der Waals surface area (Å²) in [7, 11) is 3.85. The zero-order valence-electron chi connectivity index (χ0n) is 11.0. The number of carbonyl (C=O) groups excluding carboxylic acids is 1. The quantitative estimate of drug-likeness (QED) is 0.598. The van der Waals surface area contributed by atoms with E-state index in [1.807, 2.05) is 14.1 Å². The predicted octanol–water partition coefficient (Wildman–Crippen LogP) is 0.916. The lowest BCUT2D eigenvalue weighted by molar-refractivity contribution is -0.130. The molecule has 1 amide bonds. The van der Waals surface area contributed by atoms with Crippen molar-refractivity contribution in [1.82, 2.24) is 9.80 Å². The smallest absolute Gasteiger partial charge is 0.236 e. The molecule has 0 rings (SSSR count). The van der Waals surface area contributed by atoms with Crippen LogP contribution in [0.5, 0.6) is 0 Å². The first-order valence-electron chi connectivity index (χ1n) is 6.24. The van der Waals surface area contributed by atoms with Gasteiger partial charge in [-0.25, -0.2) is 0 Å². The molecule has 16 heavy (non-hydrogen) atoms. The van der Waals surface area contributed by atoms with Crippen molar-refractivity contribution >= 4 is 5.91 Å². The van der Waals surface area contributed by atoms with Gasteiger partial charge in [-0.05, 0) is 33.0 Å². The Labute approximate surface area is 99.8 Å². The number of likely N-dealkylation sites (N-methyl/N-ethyl adjacent to an activating group) is 2. The highest BCUT2D eigenvalue weighted by Gasteiger charge is 2.10. The van der Waals surface area contributed by atoms with Crippen LogP contribution >= 0.6 is 0 Å². The molecule has 0 spiro atoms. The average Bonchev–Trinajstić information content (AvgIpc) is 2.26. The van der Waals surface area contributed by atoms with E-state index in [-0.39, 0.29) is 5.91 Å². The van der Waals surface area contributed by atoms with Crippen molar-refractivity contribution in [1.29, 1.82) is 0 Å². The largest absolute Gasteiger partial charge is 0.345 e. The number of nitrogens with zero attached hydrogens (tertiary/aromatic N) is 2. The predicted molar refractivity (Wildman–Crippen MR) is 68.3 cm³/mol. The van der Waals surface area contributed by atoms with E-state index in [0.717, 1.165) is 19.5 Å². The maximum absolute atomic E-state index is 11.7. The van der Waals surface area contributed by atoms with Crippen molar-refractivity contribution in [3.8, 4) is 0 Å². The van der Waals surface area contributed by atoms with Gasteiger partial charge in [0.05, 0.1) is 6.54 Å². The number of nitrogens with two attached hydrogens (primary N) is 1. The van der Waals surface area contributed by atoms with Gasteiger partial charge in [0.25, 0.3) is 0 Å². The fourth-order valence-electron chi connectivity index (χ4n) is 1.52. The van der Waals surface area contributed by atoms with Crippen molar-refractivity contribution in [2.24, 2.45) is 5.73 Å². The molecular formula is C12H27N3O. The van der Waals surface area contributed by atoms with Crippen LogP contribution in [-0.4, -0.2) is 56.0 Å². The molecule has 0 saturated carbocycles. The molecule has 0 aromatic carbocycles. The highest BCUT2D eigenvalue weighted by Crippen LogP contribution is 1.97. The molecule has 0 aliphatic heterocycles. The Balaban J connectivity index is 3.67. The van der Waals surface area contributed by atoms with Gasteiger partial charge in [0, 0.05) is 13.6 Å². The molecule has 96 valence electrons. The van der Waals surface area contributed by atoms with Gasteiger partial charge in [-0.1, -0.05) is 19.8 Å². The van der Waals surface area contributed by atoms with Crippen LogP contribution in [0.1, 0.15) is 32.6 Å². The highest BCUT2D eigenvalue weighted by atomic mass is 16.2. The zero-order chi connectivity index (χ0) is 12.4. The van der Waals surface area contributed by atoms with E-state index in [0.29, 0.717) is 13.1 Å². The molecule has 0 fully saturated rings. The Kier molecular flexibility index (Phi) is 9.24. The first-order valence-corrected chi connectivity index (χ1v) is 6.24. The normalized spacial score (nSPS) is 10.8. The third kappa shape index (κ3) is 7.65. The number of hydrogen-bond donors (Lipinski definition) is 1. The van der Waals surface area contributed by atoms with Crippen LogP contribution in [0.25, 0.3) is 0 Å². The van der Waals surface area contributed by atoms with E-state index in [4.69, 9.17) is 5.73 Å². The molecule has 0 aromatic heterocycles. The number of amides is 1. The van der Waals surface area contributed by atoms with Crippen LogP contribution in [0.15, 0.2) is 0 Å². The maximum Gasteiger partial charge on any atom is 0.236 e. The van der Waals surface area contributed by atoms with E-state index < -0.39 is 0 Å². The summed E-state index contributed by atoms with van der Waals surface area (Å²) in [6.45, 7) is 5.11. The molecule has 4 heteroatoms. The average molecular weight is 229 g/mol. The van der Waals surface area contributed by atoms with Crippen molar-refractivity contribution < 1.29 is 4.79 Å². The first kappa shape index (κ1) is 15.4. The second kappa shape index (κ2) is 9.60. The first-order chi connectivity index (χ1) is 7.61. The summed E-state index contributed by atoms with van der Waals surface area (Å²) in [4.78, 5) is 15.6. The number of carbonyl (C=O) groups is 1. The van der Waals surface area contributed by atoms with Crippen LogP contribution in [0, 0.1) is 0 Å². The molecule has 0 aliphatic rings. The maximum atomic E-state index is 11.7. The monoisotopic (exact) mass is 229 g/mol. The summed E-state index contributed by atoms with van der Waals surface area (Å²) in [5.74, 6) is 0.187. The molecule has 0 radical (unpaired) electrons. The Hall–Kier alpha value is -0.610. The van der Waals surface area contributed by atoms with Gasteiger partial charge >= 0.3 is 0 Å². The Morgan fingerprint density at radius 1 is 1.12 bits per heavy atom. The number of hydrogen-bond acceptors (Lipinski definition) is 3. The molecule has 0 saturated heterocycles. The minimum Gasteiger partial charge on any atom is -0.345 e. The summed E-state index contributed by atoms with van der Waals surface area (Å²) in [5, 5.41) is 0. The number of unbranched alkanes of at least 4 members (excludes halogenated alkanes) is 2. The Morgan fingerprint density at radius 3 is 2.38 bits per heavy atom. The van der Waals surface area contributed by atoms with E-state index >= 15 is 0 Å². The molecule has 0 aromatic rings.